The van der Waals surface area contributed by atoms with Gasteiger partial charge >= 0.3 is 0 Å². The summed E-state index contributed by atoms with van der Waals surface area (Å²) in [5, 5.41) is 22.8. The van der Waals surface area contributed by atoms with Crippen molar-refractivity contribution in [3.05, 3.63) is 38.9 Å². The molecular weight excluding hydrogens is 288 g/mol. The quantitative estimate of drug-likeness (QED) is 0.585. The molecule has 0 spiro atoms. The van der Waals surface area contributed by atoms with Crippen molar-refractivity contribution >= 4 is 23.2 Å². The first-order valence-electron chi connectivity index (χ1n) is 5.85. The number of benzene rings is 1. The van der Waals surface area contributed by atoms with Crippen molar-refractivity contribution < 1.29 is 19.6 Å². The molecule has 1 amide bonds. The lowest BCUT2D eigenvalue weighted by Crippen LogP contribution is -2.29. The van der Waals surface area contributed by atoms with E-state index in [9.17, 15) is 20.0 Å². The number of nitrogens with zero attached hydrogens (tertiary/aromatic N) is 1. The van der Waals surface area contributed by atoms with Gasteiger partial charge in [-0.25, -0.2) is 0 Å². The number of nitro benzene ring substituents is 1. The third kappa shape index (κ3) is 4.44. The van der Waals surface area contributed by atoms with Crippen LogP contribution in [0.3, 0.4) is 0 Å². The van der Waals surface area contributed by atoms with Crippen LogP contribution in [-0.4, -0.2) is 42.3 Å². The Hall–Kier alpha value is -1.70. The monoisotopic (exact) mass is 302 g/mol. The predicted molar refractivity (Wildman–Crippen MR) is 72.9 cm³/mol. The average molecular weight is 303 g/mol. The van der Waals surface area contributed by atoms with E-state index in [4.69, 9.17) is 16.3 Å². The molecule has 2 N–H and O–H groups in total. The molecular formula is C12H15ClN2O5. The minimum atomic E-state index is -0.707. The third-order valence-electron chi connectivity index (χ3n) is 2.54. The Bertz CT molecular complexity index is 495. The van der Waals surface area contributed by atoms with E-state index in [1.807, 2.05) is 0 Å². The summed E-state index contributed by atoms with van der Waals surface area (Å²) >= 11 is 5.82. The molecule has 0 aliphatic rings. The highest BCUT2D eigenvalue weighted by molar-refractivity contribution is 6.34. The Morgan fingerprint density at radius 1 is 1.60 bits per heavy atom. The van der Waals surface area contributed by atoms with Crippen molar-refractivity contribution in [3.63, 3.8) is 0 Å². The van der Waals surface area contributed by atoms with Crippen LogP contribution in [0.25, 0.3) is 0 Å². The largest absolute Gasteiger partial charge is 0.391 e. The highest BCUT2D eigenvalue weighted by Gasteiger charge is 2.23. The molecule has 0 aliphatic heterocycles. The predicted octanol–water partition coefficient (Wildman–Crippen LogP) is 1.38. The van der Waals surface area contributed by atoms with Gasteiger partial charge < -0.3 is 15.2 Å². The Kier molecular flexibility index (Phi) is 6.37. The Morgan fingerprint density at radius 3 is 2.90 bits per heavy atom. The van der Waals surface area contributed by atoms with E-state index in [0.717, 1.165) is 0 Å². The first-order valence-corrected chi connectivity index (χ1v) is 6.23. The molecule has 7 nitrogen and oxygen atoms in total. The smallest absolute Gasteiger partial charge is 0.283 e. The summed E-state index contributed by atoms with van der Waals surface area (Å²) in [7, 11) is 1.45. The number of methoxy groups -OCH3 is 1. The first-order chi connectivity index (χ1) is 9.47. The standard InChI is InChI=1S/C12H15ClN2O5/c1-20-7-8(16)5-6-14-12(17)11-9(13)3-2-4-10(11)15(18)19/h2-4,8,16H,5-7H2,1H3,(H,14,17). The molecule has 1 unspecified atom stereocenters. The molecule has 0 saturated heterocycles. The molecule has 0 fully saturated rings. The Balaban J connectivity index is 2.71. The number of halogens is 1. The van der Waals surface area contributed by atoms with Crippen molar-refractivity contribution in [2.24, 2.45) is 0 Å². The number of rotatable bonds is 7. The number of hydrogen-bond donors (Lipinski definition) is 2. The summed E-state index contributed by atoms with van der Waals surface area (Å²) in [4.78, 5) is 22.1. The zero-order chi connectivity index (χ0) is 15.1. The molecule has 0 radical (unpaired) electrons. The lowest BCUT2D eigenvalue weighted by Gasteiger charge is -2.10. The highest BCUT2D eigenvalue weighted by atomic mass is 35.5. The first kappa shape index (κ1) is 16.4. The molecule has 1 atom stereocenters. The van der Waals surface area contributed by atoms with E-state index in [1.54, 1.807) is 0 Å². The van der Waals surface area contributed by atoms with Gasteiger partial charge in [-0.15, -0.1) is 0 Å². The zero-order valence-corrected chi connectivity index (χ0v) is 11.6. The molecule has 8 heteroatoms. The number of nitro groups is 1. The second-order valence-electron chi connectivity index (χ2n) is 4.04. The van der Waals surface area contributed by atoms with Crippen LogP contribution in [0.15, 0.2) is 18.2 Å². The van der Waals surface area contributed by atoms with Gasteiger partial charge in [0.15, 0.2) is 0 Å². The summed E-state index contributed by atoms with van der Waals surface area (Å²) < 4.78 is 4.74. The molecule has 1 aromatic carbocycles. The maximum Gasteiger partial charge on any atom is 0.283 e. The Labute approximate surface area is 120 Å². The van der Waals surface area contributed by atoms with E-state index in [2.05, 4.69) is 5.32 Å². The van der Waals surface area contributed by atoms with Gasteiger partial charge in [-0.1, -0.05) is 17.7 Å². The van der Waals surface area contributed by atoms with Gasteiger partial charge in [-0.2, -0.15) is 0 Å². The van der Waals surface area contributed by atoms with E-state index in [-0.39, 0.29) is 35.8 Å². The van der Waals surface area contributed by atoms with Gasteiger partial charge in [0.05, 0.1) is 22.7 Å². The van der Waals surface area contributed by atoms with Crippen LogP contribution in [-0.2, 0) is 4.74 Å². The number of ether oxygens (including phenoxy) is 1. The molecule has 1 rings (SSSR count). The number of carbonyl (C=O) groups is 1. The van der Waals surface area contributed by atoms with Crippen molar-refractivity contribution in [1.29, 1.82) is 0 Å². The average Bonchev–Trinajstić information content (AvgIpc) is 2.38. The van der Waals surface area contributed by atoms with Crippen LogP contribution >= 0.6 is 11.6 Å². The van der Waals surface area contributed by atoms with Gasteiger partial charge in [0, 0.05) is 19.7 Å². The molecule has 0 aliphatic carbocycles. The van der Waals surface area contributed by atoms with Gasteiger partial charge in [-0.05, 0) is 12.5 Å². The van der Waals surface area contributed by atoms with Crippen molar-refractivity contribution in [3.8, 4) is 0 Å². The molecule has 20 heavy (non-hydrogen) atoms. The minimum Gasteiger partial charge on any atom is -0.391 e. The van der Waals surface area contributed by atoms with Crippen molar-refractivity contribution in [1.82, 2.24) is 5.32 Å². The lowest BCUT2D eigenvalue weighted by atomic mass is 10.1. The second kappa shape index (κ2) is 7.78. The maximum atomic E-state index is 11.9. The van der Waals surface area contributed by atoms with Crippen LogP contribution in [0.4, 0.5) is 5.69 Å². The van der Waals surface area contributed by atoms with Crippen molar-refractivity contribution in [2.75, 3.05) is 20.3 Å². The highest BCUT2D eigenvalue weighted by Crippen LogP contribution is 2.25. The minimum absolute atomic E-state index is 0.00846. The maximum absolute atomic E-state index is 11.9. The van der Waals surface area contributed by atoms with Crippen LogP contribution in [0.2, 0.25) is 5.02 Å². The summed E-state index contributed by atoms with van der Waals surface area (Å²) in [5.41, 5.74) is -0.534. The molecule has 0 bridgehead atoms. The van der Waals surface area contributed by atoms with Gasteiger partial charge in [-0.3, -0.25) is 14.9 Å². The second-order valence-corrected chi connectivity index (χ2v) is 4.45. The number of aliphatic hydroxyl groups excluding tert-OH is 1. The SMILES string of the molecule is COCC(O)CCNC(=O)c1c(Cl)cccc1[N+](=O)[O-]. The van der Waals surface area contributed by atoms with Crippen molar-refractivity contribution in [2.45, 2.75) is 12.5 Å². The van der Waals surface area contributed by atoms with Crippen LogP contribution in [0.1, 0.15) is 16.8 Å². The number of amides is 1. The summed E-state index contributed by atoms with van der Waals surface area (Å²) in [5.74, 6) is -0.646. The fraction of sp³-hybridized carbons (Fsp3) is 0.417. The van der Waals surface area contributed by atoms with E-state index < -0.39 is 16.9 Å². The molecule has 0 saturated carbocycles. The van der Waals surface area contributed by atoms with E-state index in [0.29, 0.717) is 0 Å². The molecule has 1 aromatic rings. The van der Waals surface area contributed by atoms with Gasteiger partial charge in [0.1, 0.15) is 5.56 Å². The number of aliphatic hydroxyl groups is 1. The van der Waals surface area contributed by atoms with E-state index >= 15 is 0 Å². The summed E-state index contributed by atoms with van der Waals surface area (Å²) in [6.45, 7) is 0.313. The summed E-state index contributed by atoms with van der Waals surface area (Å²) in [6.07, 6.45) is -0.431. The fourth-order valence-electron chi connectivity index (χ4n) is 1.61. The molecule has 0 heterocycles. The zero-order valence-electron chi connectivity index (χ0n) is 10.8. The fourth-order valence-corrected chi connectivity index (χ4v) is 1.86. The van der Waals surface area contributed by atoms with Crippen LogP contribution in [0.5, 0.6) is 0 Å². The third-order valence-corrected chi connectivity index (χ3v) is 2.85. The number of nitrogens with one attached hydrogen (secondary N) is 1. The van der Waals surface area contributed by atoms with Gasteiger partial charge in [0.25, 0.3) is 11.6 Å². The number of carbonyl (C=O) groups excluding carboxylic acids is 1. The normalized spacial score (nSPS) is 11.9. The van der Waals surface area contributed by atoms with Crippen LogP contribution in [0, 0.1) is 10.1 Å². The summed E-state index contributed by atoms with van der Waals surface area (Å²) in [6, 6.07) is 4.02. The Morgan fingerprint density at radius 2 is 2.30 bits per heavy atom. The van der Waals surface area contributed by atoms with Gasteiger partial charge in [0.2, 0.25) is 0 Å². The van der Waals surface area contributed by atoms with Crippen LogP contribution < -0.4 is 5.32 Å². The lowest BCUT2D eigenvalue weighted by molar-refractivity contribution is -0.385. The van der Waals surface area contributed by atoms with E-state index in [1.165, 1.54) is 25.3 Å². The molecule has 110 valence electrons. The topological polar surface area (TPSA) is 102 Å². The number of hydrogen-bond acceptors (Lipinski definition) is 5. The molecule has 0 aromatic heterocycles.